The molecule has 1 unspecified atom stereocenters. The zero-order valence-corrected chi connectivity index (χ0v) is 18.7. The van der Waals surface area contributed by atoms with E-state index in [2.05, 4.69) is 57.0 Å². The van der Waals surface area contributed by atoms with Gasteiger partial charge >= 0.3 is 0 Å². The third-order valence-electron chi connectivity index (χ3n) is 5.19. The fraction of sp³-hybridized carbons (Fsp3) is 0.273. The van der Waals surface area contributed by atoms with Gasteiger partial charge in [-0.3, -0.25) is 9.48 Å². The van der Waals surface area contributed by atoms with Crippen LogP contribution in [-0.2, 0) is 24.8 Å². The summed E-state index contributed by atoms with van der Waals surface area (Å²) in [6.07, 6.45) is 4.65. The lowest BCUT2D eigenvalue weighted by molar-refractivity contribution is -0.118. The van der Waals surface area contributed by atoms with Crippen LogP contribution in [0.25, 0.3) is 0 Å². The highest BCUT2D eigenvalue weighted by Gasteiger charge is 2.21. The molecule has 1 aliphatic heterocycles. The molecule has 4 rings (SSSR count). The number of anilines is 2. The third-order valence-corrected chi connectivity index (χ3v) is 5.19. The molecule has 1 amide bonds. The maximum absolute atomic E-state index is 12.6. The van der Waals surface area contributed by atoms with Gasteiger partial charge < -0.3 is 15.5 Å². The fourth-order valence-electron chi connectivity index (χ4n) is 3.74. The molecule has 3 aromatic rings. The topological polar surface area (TPSA) is 62.2 Å². The molecular weight excluding hydrogens is 421 g/mol. The van der Waals surface area contributed by atoms with Crippen molar-refractivity contribution in [3.8, 4) is 0 Å². The van der Waals surface area contributed by atoms with E-state index in [-0.39, 0.29) is 30.7 Å². The van der Waals surface area contributed by atoms with E-state index in [1.165, 1.54) is 16.8 Å². The first-order chi connectivity index (χ1) is 13.6. The smallest absolute Gasteiger partial charge is 0.246 e. The lowest BCUT2D eigenvalue weighted by atomic mass is 10.1. The normalized spacial score (nSPS) is 13.1. The van der Waals surface area contributed by atoms with Crippen molar-refractivity contribution >= 4 is 42.1 Å². The van der Waals surface area contributed by atoms with Crippen LogP contribution in [0.5, 0.6) is 0 Å². The number of likely N-dealkylation sites (N-methyl/N-ethyl adjacent to an activating group) is 1. The van der Waals surface area contributed by atoms with Crippen molar-refractivity contribution in [2.75, 3.05) is 23.8 Å². The van der Waals surface area contributed by atoms with Gasteiger partial charge in [-0.2, -0.15) is 5.10 Å². The first kappa shape index (κ1) is 23.7. The minimum absolute atomic E-state index is 0. The van der Waals surface area contributed by atoms with Gasteiger partial charge in [-0.1, -0.05) is 30.3 Å². The fourth-order valence-corrected chi connectivity index (χ4v) is 3.74. The van der Waals surface area contributed by atoms with Gasteiger partial charge in [0.1, 0.15) is 6.04 Å². The highest BCUT2D eigenvalue weighted by molar-refractivity contribution is 5.95. The molecule has 0 radical (unpaired) electrons. The van der Waals surface area contributed by atoms with Crippen molar-refractivity contribution in [1.29, 1.82) is 0 Å². The molecule has 6 nitrogen and oxygen atoms in total. The summed E-state index contributed by atoms with van der Waals surface area (Å²) < 4.78 is 1.69. The standard InChI is InChI=1S/C22H25N5O.2ClH/c1-23-21(18-13-24-26(2)15-18)22(28)25-19-9-7-16(8-10-19)14-27-12-11-17-5-3-4-6-20(17)27;;/h3-10,13,15,21,23H,11-12,14H2,1-2H3,(H,25,28);2*1H. The summed E-state index contributed by atoms with van der Waals surface area (Å²) in [5, 5.41) is 10.2. The number of rotatable bonds is 6. The van der Waals surface area contributed by atoms with E-state index in [0.29, 0.717) is 0 Å². The lowest BCUT2D eigenvalue weighted by Gasteiger charge is -2.20. The monoisotopic (exact) mass is 447 g/mol. The zero-order chi connectivity index (χ0) is 19.5. The maximum atomic E-state index is 12.6. The van der Waals surface area contributed by atoms with E-state index >= 15 is 0 Å². The van der Waals surface area contributed by atoms with Crippen LogP contribution in [0.4, 0.5) is 11.4 Å². The number of halogens is 2. The number of hydrogen-bond donors (Lipinski definition) is 2. The number of aryl methyl sites for hydroxylation is 1. The van der Waals surface area contributed by atoms with Crippen LogP contribution in [0.3, 0.4) is 0 Å². The van der Waals surface area contributed by atoms with Crippen molar-refractivity contribution in [3.63, 3.8) is 0 Å². The summed E-state index contributed by atoms with van der Waals surface area (Å²) in [7, 11) is 3.61. The molecule has 1 atom stereocenters. The van der Waals surface area contributed by atoms with Crippen LogP contribution in [0.2, 0.25) is 0 Å². The molecule has 2 aromatic carbocycles. The van der Waals surface area contributed by atoms with Crippen LogP contribution in [-0.4, -0.2) is 29.3 Å². The second-order valence-corrected chi connectivity index (χ2v) is 7.16. The molecule has 1 aliphatic rings. The van der Waals surface area contributed by atoms with E-state index in [4.69, 9.17) is 0 Å². The first-order valence-electron chi connectivity index (χ1n) is 9.52. The van der Waals surface area contributed by atoms with Gasteiger partial charge in [0.2, 0.25) is 5.91 Å². The van der Waals surface area contributed by atoms with Crippen molar-refractivity contribution in [2.45, 2.75) is 19.0 Å². The van der Waals surface area contributed by atoms with Crippen LogP contribution < -0.4 is 15.5 Å². The Labute approximate surface area is 189 Å². The SMILES string of the molecule is CNC(C(=O)Nc1ccc(CN2CCc3ccccc32)cc1)c1cnn(C)c1.Cl.Cl. The highest BCUT2D eigenvalue weighted by atomic mass is 35.5. The molecular formula is C22H27Cl2N5O. The van der Waals surface area contributed by atoms with Gasteiger partial charge in [0.15, 0.2) is 0 Å². The Morgan fingerprint density at radius 1 is 1.13 bits per heavy atom. The summed E-state index contributed by atoms with van der Waals surface area (Å²) in [6.45, 7) is 1.92. The number of amides is 1. The third kappa shape index (κ3) is 5.14. The number of aromatic nitrogens is 2. The van der Waals surface area contributed by atoms with E-state index in [0.717, 1.165) is 30.8 Å². The molecule has 0 aliphatic carbocycles. The van der Waals surface area contributed by atoms with E-state index < -0.39 is 6.04 Å². The summed E-state index contributed by atoms with van der Waals surface area (Å²) in [5.41, 5.74) is 5.60. The van der Waals surface area contributed by atoms with Crippen molar-refractivity contribution in [1.82, 2.24) is 15.1 Å². The van der Waals surface area contributed by atoms with Gasteiger partial charge in [-0.05, 0) is 42.8 Å². The Kier molecular flexibility index (Phi) is 8.29. The Hall–Kier alpha value is -2.54. The summed E-state index contributed by atoms with van der Waals surface area (Å²) in [5.74, 6) is -0.100. The van der Waals surface area contributed by atoms with Gasteiger partial charge in [-0.15, -0.1) is 24.8 Å². The quantitative estimate of drug-likeness (QED) is 0.604. The van der Waals surface area contributed by atoms with E-state index in [1.807, 2.05) is 25.4 Å². The van der Waals surface area contributed by atoms with Gasteiger partial charge in [0.05, 0.1) is 6.20 Å². The average Bonchev–Trinajstić information content (AvgIpc) is 3.31. The minimum atomic E-state index is -0.436. The molecule has 0 saturated heterocycles. The molecule has 2 N–H and O–H groups in total. The van der Waals surface area contributed by atoms with Crippen LogP contribution in [0.1, 0.15) is 22.7 Å². The summed E-state index contributed by atoms with van der Waals surface area (Å²) >= 11 is 0. The number of hydrogen-bond acceptors (Lipinski definition) is 4. The number of carbonyl (C=O) groups excluding carboxylic acids is 1. The number of nitrogens with zero attached hydrogens (tertiary/aromatic N) is 3. The van der Waals surface area contributed by atoms with Crippen molar-refractivity contribution < 1.29 is 4.79 Å². The summed E-state index contributed by atoms with van der Waals surface area (Å²) in [6, 6.07) is 16.2. The average molecular weight is 448 g/mol. The molecule has 2 heterocycles. The van der Waals surface area contributed by atoms with Gasteiger partial charge in [0.25, 0.3) is 0 Å². The minimum Gasteiger partial charge on any atom is -0.367 e. The Morgan fingerprint density at radius 3 is 2.53 bits per heavy atom. The maximum Gasteiger partial charge on any atom is 0.246 e. The number of carbonyl (C=O) groups is 1. The molecule has 0 saturated carbocycles. The second kappa shape index (κ2) is 10.5. The summed E-state index contributed by atoms with van der Waals surface area (Å²) in [4.78, 5) is 15.0. The molecule has 0 bridgehead atoms. The predicted molar refractivity (Wildman–Crippen MR) is 126 cm³/mol. The zero-order valence-electron chi connectivity index (χ0n) is 17.0. The number of para-hydroxylation sites is 1. The van der Waals surface area contributed by atoms with Crippen molar-refractivity contribution in [3.05, 3.63) is 77.6 Å². The molecule has 0 fully saturated rings. The molecule has 0 spiro atoms. The largest absolute Gasteiger partial charge is 0.367 e. The van der Waals surface area contributed by atoms with E-state index in [1.54, 1.807) is 17.9 Å². The lowest BCUT2D eigenvalue weighted by Crippen LogP contribution is -2.30. The number of nitrogens with one attached hydrogen (secondary N) is 2. The van der Waals surface area contributed by atoms with Crippen LogP contribution >= 0.6 is 24.8 Å². The number of benzene rings is 2. The van der Waals surface area contributed by atoms with Crippen LogP contribution in [0.15, 0.2) is 60.9 Å². The highest BCUT2D eigenvalue weighted by Crippen LogP contribution is 2.29. The number of fused-ring (bicyclic) bond motifs is 1. The molecule has 8 heteroatoms. The van der Waals surface area contributed by atoms with Crippen LogP contribution in [0, 0.1) is 0 Å². The van der Waals surface area contributed by atoms with Gasteiger partial charge in [0, 0.05) is 43.3 Å². The predicted octanol–water partition coefficient (Wildman–Crippen LogP) is 3.73. The van der Waals surface area contributed by atoms with Gasteiger partial charge in [-0.25, -0.2) is 0 Å². The Morgan fingerprint density at radius 2 is 1.87 bits per heavy atom. The molecule has 1 aromatic heterocycles. The van der Waals surface area contributed by atoms with Crippen molar-refractivity contribution in [2.24, 2.45) is 7.05 Å². The Bertz CT molecular complexity index is 974. The first-order valence-corrected chi connectivity index (χ1v) is 9.52. The Balaban J connectivity index is 0.00000160. The second-order valence-electron chi connectivity index (χ2n) is 7.16. The molecule has 160 valence electrons. The van der Waals surface area contributed by atoms with E-state index in [9.17, 15) is 4.79 Å². The molecule has 30 heavy (non-hydrogen) atoms.